The standard InChI is InChI=1S/C15H20N2O/c1-12(2)15(18)14-8-10-16-17(14)11-9-13-6-4-3-5-7-13/h3-8,10,12,15,18H,9,11H2,1-2H3/t15-/m1/s1. The molecule has 96 valence electrons. The highest BCUT2D eigenvalue weighted by molar-refractivity contribution is 5.15. The molecule has 2 aromatic rings. The molecule has 0 bridgehead atoms. The van der Waals surface area contributed by atoms with E-state index in [0.29, 0.717) is 0 Å². The second kappa shape index (κ2) is 5.83. The Balaban J connectivity index is 2.04. The van der Waals surface area contributed by atoms with Crippen LogP contribution in [0.15, 0.2) is 42.6 Å². The van der Waals surface area contributed by atoms with Crippen LogP contribution in [0, 0.1) is 5.92 Å². The number of aryl methyl sites for hydroxylation is 2. The lowest BCUT2D eigenvalue weighted by Crippen LogP contribution is -2.14. The molecule has 1 aromatic carbocycles. The summed E-state index contributed by atoms with van der Waals surface area (Å²) in [4.78, 5) is 0. The van der Waals surface area contributed by atoms with Gasteiger partial charge in [-0.2, -0.15) is 5.10 Å². The summed E-state index contributed by atoms with van der Waals surface area (Å²) in [6.07, 6.45) is 2.25. The maximum Gasteiger partial charge on any atom is 0.0979 e. The molecule has 0 fully saturated rings. The SMILES string of the molecule is CC(C)[C@@H](O)c1ccnn1CCc1ccccc1. The second-order valence-electron chi connectivity index (χ2n) is 4.90. The summed E-state index contributed by atoms with van der Waals surface area (Å²) in [6, 6.07) is 12.2. The van der Waals surface area contributed by atoms with Gasteiger partial charge in [0.1, 0.15) is 0 Å². The number of nitrogens with zero attached hydrogens (tertiary/aromatic N) is 2. The number of rotatable bonds is 5. The first-order valence-corrected chi connectivity index (χ1v) is 6.42. The van der Waals surface area contributed by atoms with Crippen LogP contribution >= 0.6 is 0 Å². The minimum atomic E-state index is -0.441. The van der Waals surface area contributed by atoms with Gasteiger partial charge in [-0.25, -0.2) is 0 Å². The fourth-order valence-electron chi connectivity index (χ4n) is 2.00. The molecule has 18 heavy (non-hydrogen) atoms. The Hall–Kier alpha value is -1.61. The van der Waals surface area contributed by atoms with Gasteiger partial charge in [0.25, 0.3) is 0 Å². The highest BCUT2D eigenvalue weighted by Crippen LogP contribution is 2.20. The number of hydrogen-bond donors (Lipinski definition) is 1. The molecule has 1 heterocycles. The molecule has 1 aromatic heterocycles. The molecule has 0 unspecified atom stereocenters. The van der Waals surface area contributed by atoms with Gasteiger partial charge < -0.3 is 5.11 Å². The van der Waals surface area contributed by atoms with Gasteiger partial charge in [0.15, 0.2) is 0 Å². The average molecular weight is 244 g/mol. The molecule has 0 saturated heterocycles. The van der Waals surface area contributed by atoms with Gasteiger partial charge in [0.05, 0.1) is 11.8 Å². The largest absolute Gasteiger partial charge is 0.387 e. The predicted octanol–water partition coefficient (Wildman–Crippen LogP) is 2.82. The second-order valence-corrected chi connectivity index (χ2v) is 4.90. The van der Waals surface area contributed by atoms with E-state index in [1.54, 1.807) is 6.20 Å². The lowest BCUT2D eigenvalue weighted by Gasteiger charge is -2.16. The van der Waals surface area contributed by atoms with Gasteiger partial charge in [-0.3, -0.25) is 4.68 Å². The molecule has 0 aliphatic heterocycles. The van der Waals surface area contributed by atoms with E-state index in [9.17, 15) is 5.11 Å². The van der Waals surface area contributed by atoms with E-state index in [1.807, 2.05) is 42.8 Å². The molecular formula is C15H20N2O. The van der Waals surface area contributed by atoms with Crippen molar-refractivity contribution in [2.75, 3.05) is 0 Å². The van der Waals surface area contributed by atoms with Gasteiger partial charge in [-0.1, -0.05) is 44.2 Å². The highest BCUT2D eigenvalue weighted by atomic mass is 16.3. The van der Waals surface area contributed by atoms with E-state index in [2.05, 4.69) is 17.2 Å². The van der Waals surface area contributed by atoms with E-state index in [-0.39, 0.29) is 5.92 Å². The molecule has 1 N–H and O–H groups in total. The third-order valence-electron chi connectivity index (χ3n) is 3.14. The lowest BCUT2D eigenvalue weighted by atomic mass is 10.0. The summed E-state index contributed by atoms with van der Waals surface area (Å²) in [5.41, 5.74) is 2.19. The van der Waals surface area contributed by atoms with Gasteiger partial charge in [0.2, 0.25) is 0 Å². The molecule has 2 rings (SSSR count). The van der Waals surface area contributed by atoms with Crippen molar-refractivity contribution in [2.45, 2.75) is 32.9 Å². The summed E-state index contributed by atoms with van der Waals surface area (Å²) in [5, 5.41) is 14.4. The Labute approximate surface area is 108 Å². The van der Waals surface area contributed by atoms with Crippen molar-refractivity contribution < 1.29 is 5.11 Å². The average Bonchev–Trinajstić information content (AvgIpc) is 2.84. The first-order valence-electron chi connectivity index (χ1n) is 6.42. The number of aliphatic hydroxyl groups excluding tert-OH is 1. The Bertz CT molecular complexity index is 476. The normalized spacial score (nSPS) is 12.9. The molecular weight excluding hydrogens is 224 g/mol. The van der Waals surface area contributed by atoms with E-state index < -0.39 is 6.10 Å². The fraction of sp³-hybridized carbons (Fsp3) is 0.400. The van der Waals surface area contributed by atoms with E-state index in [1.165, 1.54) is 5.56 Å². The molecule has 1 atom stereocenters. The third-order valence-corrected chi connectivity index (χ3v) is 3.14. The Morgan fingerprint density at radius 3 is 2.56 bits per heavy atom. The number of hydrogen-bond acceptors (Lipinski definition) is 2. The van der Waals surface area contributed by atoms with Crippen LogP contribution in [0.4, 0.5) is 0 Å². The zero-order valence-electron chi connectivity index (χ0n) is 11.0. The minimum Gasteiger partial charge on any atom is -0.387 e. The zero-order valence-corrected chi connectivity index (χ0v) is 11.0. The van der Waals surface area contributed by atoms with Crippen LogP contribution in [0.2, 0.25) is 0 Å². The monoisotopic (exact) mass is 244 g/mol. The Morgan fingerprint density at radius 2 is 1.89 bits per heavy atom. The molecule has 0 spiro atoms. The van der Waals surface area contributed by atoms with Crippen molar-refractivity contribution in [3.05, 3.63) is 53.9 Å². The summed E-state index contributed by atoms with van der Waals surface area (Å²) in [6.45, 7) is 4.83. The fourth-order valence-corrected chi connectivity index (χ4v) is 2.00. The minimum absolute atomic E-state index is 0.206. The molecule has 0 aliphatic rings. The summed E-state index contributed by atoms with van der Waals surface area (Å²) < 4.78 is 1.90. The molecule has 0 radical (unpaired) electrons. The molecule has 0 amide bonds. The first kappa shape index (κ1) is 12.8. The van der Waals surface area contributed by atoms with Crippen molar-refractivity contribution >= 4 is 0 Å². The van der Waals surface area contributed by atoms with Gasteiger partial charge in [0, 0.05) is 12.7 Å². The highest BCUT2D eigenvalue weighted by Gasteiger charge is 2.16. The molecule has 3 heteroatoms. The van der Waals surface area contributed by atoms with Crippen LogP contribution < -0.4 is 0 Å². The van der Waals surface area contributed by atoms with Gasteiger partial charge in [-0.05, 0) is 24.0 Å². The van der Waals surface area contributed by atoms with Crippen molar-refractivity contribution in [1.29, 1.82) is 0 Å². The zero-order chi connectivity index (χ0) is 13.0. The van der Waals surface area contributed by atoms with E-state index in [0.717, 1.165) is 18.7 Å². The summed E-state index contributed by atoms with van der Waals surface area (Å²) in [5.74, 6) is 0.206. The van der Waals surface area contributed by atoms with Crippen molar-refractivity contribution in [3.63, 3.8) is 0 Å². The molecule has 0 saturated carbocycles. The first-order chi connectivity index (χ1) is 8.68. The van der Waals surface area contributed by atoms with E-state index in [4.69, 9.17) is 0 Å². The molecule has 0 aliphatic carbocycles. The van der Waals surface area contributed by atoms with Crippen LogP contribution in [-0.4, -0.2) is 14.9 Å². The maximum absolute atomic E-state index is 10.1. The predicted molar refractivity (Wildman–Crippen MR) is 72.2 cm³/mol. The van der Waals surface area contributed by atoms with Crippen LogP contribution in [0.1, 0.15) is 31.2 Å². The lowest BCUT2D eigenvalue weighted by molar-refractivity contribution is 0.117. The smallest absolute Gasteiger partial charge is 0.0979 e. The summed E-state index contributed by atoms with van der Waals surface area (Å²) in [7, 11) is 0. The van der Waals surface area contributed by atoms with Crippen molar-refractivity contribution in [3.8, 4) is 0 Å². The van der Waals surface area contributed by atoms with Crippen molar-refractivity contribution in [2.24, 2.45) is 5.92 Å². The van der Waals surface area contributed by atoms with Crippen LogP contribution in [0.5, 0.6) is 0 Å². The summed E-state index contributed by atoms with van der Waals surface area (Å²) >= 11 is 0. The third kappa shape index (κ3) is 2.99. The number of aromatic nitrogens is 2. The Morgan fingerprint density at radius 1 is 1.17 bits per heavy atom. The molecule has 3 nitrogen and oxygen atoms in total. The van der Waals surface area contributed by atoms with Crippen LogP contribution in [0.3, 0.4) is 0 Å². The maximum atomic E-state index is 10.1. The number of aliphatic hydroxyl groups is 1. The van der Waals surface area contributed by atoms with Crippen molar-refractivity contribution in [1.82, 2.24) is 9.78 Å². The number of benzene rings is 1. The van der Waals surface area contributed by atoms with E-state index >= 15 is 0 Å². The Kier molecular flexibility index (Phi) is 4.15. The quantitative estimate of drug-likeness (QED) is 0.878. The van der Waals surface area contributed by atoms with Crippen LogP contribution in [-0.2, 0) is 13.0 Å². The topological polar surface area (TPSA) is 38.1 Å². The van der Waals surface area contributed by atoms with Gasteiger partial charge >= 0.3 is 0 Å². The van der Waals surface area contributed by atoms with Crippen LogP contribution in [0.25, 0.3) is 0 Å². The van der Waals surface area contributed by atoms with Gasteiger partial charge in [-0.15, -0.1) is 0 Å².